The number of anilines is 1. The van der Waals surface area contributed by atoms with Crippen molar-refractivity contribution >= 4 is 29.1 Å². The van der Waals surface area contributed by atoms with E-state index in [9.17, 15) is 9.59 Å². The average molecular weight is 425 g/mol. The molecule has 2 aromatic carbocycles. The first-order valence-corrected chi connectivity index (χ1v) is 10.5. The molecule has 3 rings (SSSR count). The van der Waals surface area contributed by atoms with Gasteiger partial charge in [0, 0.05) is 31.1 Å². The summed E-state index contributed by atoms with van der Waals surface area (Å²) >= 11 is 1.33. The highest BCUT2D eigenvalue weighted by Gasteiger charge is 2.14. The lowest BCUT2D eigenvalue weighted by molar-refractivity contribution is -0.116. The standard InChI is InChI=1S/C22H24N4O3S/c1-15-6-4-5-7-18(15)23-21(28)13-12-20-24-25-22(26(20)2)30-14-19(27)16-8-10-17(29-3)11-9-16/h4-11H,12-14H2,1-3H3,(H,23,28). The minimum Gasteiger partial charge on any atom is -0.497 e. The van der Waals surface area contributed by atoms with Gasteiger partial charge in [-0.2, -0.15) is 0 Å². The highest BCUT2D eigenvalue weighted by molar-refractivity contribution is 7.99. The van der Waals surface area contributed by atoms with Gasteiger partial charge in [0.15, 0.2) is 10.9 Å². The molecule has 0 aliphatic rings. The normalized spacial score (nSPS) is 10.6. The van der Waals surface area contributed by atoms with Crippen LogP contribution in [0.2, 0.25) is 0 Å². The second-order valence-electron chi connectivity index (χ2n) is 6.76. The number of nitrogens with zero attached hydrogens (tertiary/aromatic N) is 3. The monoisotopic (exact) mass is 424 g/mol. The number of aryl methyl sites for hydroxylation is 2. The van der Waals surface area contributed by atoms with Crippen molar-refractivity contribution in [3.8, 4) is 5.75 Å². The fraction of sp³-hybridized carbons (Fsp3) is 0.273. The molecule has 1 aromatic heterocycles. The number of hydrogen-bond acceptors (Lipinski definition) is 6. The first-order chi connectivity index (χ1) is 14.5. The smallest absolute Gasteiger partial charge is 0.224 e. The quantitative estimate of drug-likeness (QED) is 0.417. The third-order valence-corrected chi connectivity index (χ3v) is 5.68. The van der Waals surface area contributed by atoms with Gasteiger partial charge < -0.3 is 14.6 Å². The first kappa shape index (κ1) is 21.6. The van der Waals surface area contributed by atoms with Crippen LogP contribution in [-0.4, -0.2) is 39.3 Å². The van der Waals surface area contributed by atoms with Gasteiger partial charge in [-0.1, -0.05) is 30.0 Å². The molecular weight excluding hydrogens is 400 g/mol. The Labute approximate surface area is 179 Å². The van der Waals surface area contributed by atoms with Crippen molar-refractivity contribution < 1.29 is 14.3 Å². The number of rotatable bonds is 9. The molecule has 1 amide bonds. The van der Waals surface area contributed by atoms with Crippen LogP contribution in [0, 0.1) is 6.92 Å². The molecule has 0 aliphatic carbocycles. The molecule has 30 heavy (non-hydrogen) atoms. The van der Waals surface area contributed by atoms with E-state index in [0.29, 0.717) is 35.1 Å². The second kappa shape index (κ2) is 10.1. The minimum absolute atomic E-state index is 0.00446. The van der Waals surface area contributed by atoms with E-state index in [-0.39, 0.29) is 17.4 Å². The Kier molecular flexibility index (Phi) is 7.24. The molecule has 8 heteroatoms. The summed E-state index contributed by atoms with van der Waals surface area (Å²) in [6.07, 6.45) is 0.768. The molecule has 0 saturated heterocycles. The maximum atomic E-state index is 12.4. The van der Waals surface area contributed by atoms with Crippen molar-refractivity contribution in [1.82, 2.24) is 14.8 Å². The molecule has 0 unspecified atom stereocenters. The third-order valence-electron chi connectivity index (χ3n) is 4.66. The molecule has 1 N–H and O–H groups in total. The van der Waals surface area contributed by atoms with E-state index in [1.165, 1.54) is 11.8 Å². The summed E-state index contributed by atoms with van der Waals surface area (Å²) in [5.41, 5.74) is 2.46. The predicted octanol–water partition coefficient (Wildman–Crippen LogP) is 3.68. The Morgan fingerprint density at radius 3 is 2.53 bits per heavy atom. The Hall–Kier alpha value is -3.13. The van der Waals surface area contributed by atoms with Gasteiger partial charge in [0.25, 0.3) is 0 Å². The van der Waals surface area contributed by atoms with Crippen LogP contribution in [0.4, 0.5) is 5.69 Å². The third kappa shape index (κ3) is 5.48. The molecule has 0 aliphatic heterocycles. The Bertz CT molecular complexity index is 1030. The van der Waals surface area contributed by atoms with E-state index in [1.807, 2.05) is 42.8 Å². The van der Waals surface area contributed by atoms with Gasteiger partial charge in [0.1, 0.15) is 11.6 Å². The lowest BCUT2D eigenvalue weighted by Crippen LogP contribution is -2.14. The summed E-state index contributed by atoms with van der Waals surface area (Å²) in [6.45, 7) is 1.95. The number of thioether (sulfide) groups is 1. The molecule has 7 nitrogen and oxygen atoms in total. The summed E-state index contributed by atoms with van der Waals surface area (Å²) in [4.78, 5) is 24.6. The van der Waals surface area contributed by atoms with Crippen molar-refractivity contribution in [3.63, 3.8) is 0 Å². The molecule has 0 atom stereocenters. The Morgan fingerprint density at radius 1 is 1.10 bits per heavy atom. The largest absolute Gasteiger partial charge is 0.497 e. The Balaban J connectivity index is 1.52. The van der Waals surface area contributed by atoms with Crippen LogP contribution in [0.1, 0.15) is 28.2 Å². The van der Waals surface area contributed by atoms with Crippen LogP contribution in [-0.2, 0) is 18.3 Å². The van der Waals surface area contributed by atoms with Gasteiger partial charge in [-0.25, -0.2) is 0 Å². The highest BCUT2D eigenvalue weighted by Crippen LogP contribution is 2.20. The number of hydrogen-bond donors (Lipinski definition) is 1. The van der Waals surface area contributed by atoms with Gasteiger partial charge in [-0.3, -0.25) is 9.59 Å². The number of amides is 1. The second-order valence-corrected chi connectivity index (χ2v) is 7.70. The summed E-state index contributed by atoms with van der Waals surface area (Å²) < 4.78 is 6.94. The van der Waals surface area contributed by atoms with Crippen molar-refractivity contribution in [2.24, 2.45) is 7.05 Å². The lowest BCUT2D eigenvalue weighted by atomic mass is 10.1. The van der Waals surface area contributed by atoms with Crippen LogP contribution in [0.25, 0.3) is 0 Å². The van der Waals surface area contributed by atoms with Crippen LogP contribution < -0.4 is 10.1 Å². The number of methoxy groups -OCH3 is 1. The number of carbonyl (C=O) groups is 2. The van der Waals surface area contributed by atoms with Crippen molar-refractivity contribution in [3.05, 3.63) is 65.5 Å². The van der Waals surface area contributed by atoms with Crippen LogP contribution in [0.5, 0.6) is 5.75 Å². The maximum absolute atomic E-state index is 12.4. The number of Topliss-reactive ketones (excluding diaryl/α,β-unsaturated/α-hetero) is 1. The van der Waals surface area contributed by atoms with Crippen molar-refractivity contribution in [2.45, 2.75) is 24.9 Å². The van der Waals surface area contributed by atoms with Gasteiger partial charge in [-0.05, 0) is 42.8 Å². The number of ether oxygens (including phenoxy) is 1. The minimum atomic E-state index is -0.0730. The highest BCUT2D eigenvalue weighted by atomic mass is 32.2. The molecule has 0 bridgehead atoms. The summed E-state index contributed by atoms with van der Waals surface area (Å²) in [5.74, 6) is 1.60. The van der Waals surface area contributed by atoms with Gasteiger partial charge in [0.2, 0.25) is 5.91 Å². The zero-order chi connectivity index (χ0) is 21.5. The van der Waals surface area contributed by atoms with E-state index in [0.717, 1.165) is 11.3 Å². The van der Waals surface area contributed by atoms with Gasteiger partial charge in [-0.15, -0.1) is 10.2 Å². The van der Waals surface area contributed by atoms with E-state index in [1.54, 1.807) is 31.4 Å². The Morgan fingerprint density at radius 2 is 1.83 bits per heavy atom. The summed E-state index contributed by atoms with van der Waals surface area (Å²) in [6, 6.07) is 14.7. The van der Waals surface area contributed by atoms with E-state index in [2.05, 4.69) is 15.5 Å². The molecule has 3 aromatic rings. The van der Waals surface area contributed by atoms with E-state index >= 15 is 0 Å². The zero-order valence-corrected chi connectivity index (χ0v) is 18.0. The predicted molar refractivity (Wildman–Crippen MR) is 117 cm³/mol. The van der Waals surface area contributed by atoms with Gasteiger partial charge in [0.05, 0.1) is 12.9 Å². The van der Waals surface area contributed by atoms with Crippen LogP contribution in [0.3, 0.4) is 0 Å². The number of benzene rings is 2. The maximum Gasteiger partial charge on any atom is 0.224 e. The SMILES string of the molecule is COc1ccc(C(=O)CSc2nnc(CCC(=O)Nc3ccccc3C)n2C)cc1. The molecule has 0 saturated carbocycles. The molecule has 0 fully saturated rings. The van der Waals surface area contributed by atoms with Crippen LogP contribution in [0.15, 0.2) is 53.7 Å². The number of ketones is 1. The molecule has 1 heterocycles. The number of aromatic nitrogens is 3. The fourth-order valence-corrected chi connectivity index (χ4v) is 3.65. The molecular formula is C22H24N4O3S. The number of carbonyl (C=O) groups excluding carboxylic acids is 2. The molecule has 156 valence electrons. The topological polar surface area (TPSA) is 86.1 Å². The number of nitrogens with one attached hydrogen (secondary N) is 1. The summed E-state index contributed by atoms with van der Waals surface area (Å²) in [5, 5.41) is 11.9. The van der Waals surface area contributed by atoms with Crippen molar-refractivity contribution in [1.29, 1.82) is 0 Å². The van der Waals surface area contributed by atoms with Crippen LogP contribution >= 0.6 is 11.8 Å². The number of para-hydroxylation sites is 1. The fourth-order valence-electron chi connectivity index (χ4n) is 2.83. The average Bonchev–Trinajstić information content (AvgIpc) is 3.11. The first-order valence-electron chi connectivity index (χ1n) is 9.51. The zero-order valence-electron chi connectivity index (χ0n) is 17.2. The molecule has 0 radical (unpaired) electrons. The van der Waals surface area contributed by atoms with Crippen molar-refractivity contribution in [2.75, 3.05) is 18.2 Å². The molecule has 0 spiro atoms. The lowest BCUT2D eigenvalue weighted by Gasteiger charge is -2.08. The van der Waals surface area contributed by atoms with Gasteiger partial charge >= 0.3 is 0 Å². The van der Waals surface area contributed by atoms with E-state index < -0.39 is 0 Å². The summed E-state index contributed by atoms with van der Waals surface area (Å²) in [7, 11) is 3.43. The van der Waals surface area contributed by atoms with E-state index in [4.69, 9.17) is 4.74 Å².